The Labute approximate surface area is 181 Å². The first-order valence-corrected chi connectivity index (χ1v) is 10.7. The van der Waals surface area contributed by atoms with Gasteiger partial charge in [0.2, 0.25) is 0 Å². The van der Waals surface area contributed by atoms with E-state index in [-0.39, 0.29) is 5.91 Å². The summed E-state index contributed by atoms with van der Waals surface area (Å²) in [5, 5.41) is 7.93. The number of esters is 1. The second kappa shape index (κ2) is 8.13. The molecule has 1 amide bonds. The second-order valence-electron chi connectivity index (χ2n) is 8.48. The summed E-state index contributed by atoms with van der Waals surface area (Å²) in [5.41, 5.74) is 5.44. The van der Waals surface area contributed by atoms with Crippen LogP contribution in [0, 0.1) is 19.8 Å². The highest BCUT2D eigenvalue weighted by Crippen LogP contribution is 2.32. The lowest BCUT2D eigenvalue weighted by atomic mass is 9.84. The number of fused-ring (bicyclic) bond motifs is 2. The molecule has 1 aliphatic carbocycles. The Morgan fingerprint density at radius 3 is 2.71 bits per heavy atom. The first kappa shape index (κ1) is 21.0. The van der Waals surface area contributed by atoms with Crippen LogP contribution in [0.5, 0.6) is 0 Å². The highest BCUT2D eigenvalue weighted by molar-refractivity contribution is 6.06. The quantitative estimate of drug-likeness (QED) is 0.647. The second-order valence-corrected chi connectivity index (χ2v) is 8.48. The number of nitrogens with zero attached hydrogens (tertiary/aromatic N) is 3. The number of nitrogens with one attached hydrogen (secondary N) is 1. The number of carbonyl (C=O) groups excluding carboxylic acids is 2. The molecule has 4 rings (SSSR count). The third-order valence-corrected chi connectivity index (χ3v) is 6.12. The minimum atomic E-state index is -0.949. The molecule has 0 saturated heterocycles. The molecule has 1 N–H and O–H groups in total. The number of benzene rings is 1. The van der Waals surface area contributed by atoms with Crippen molar-refractivity contribution < 1.29 is 14.3 Å². The van der Waals surface area contributed by atoms with Crippen molar-refractivity contribution in [2.24, 2.45) is 13.0 Å². The summed E-state index contributed by atoms with van der Waals surface area (Å²) in [6, 6.07) is 7.61. The van der Waals surface area contributed by atoms with Gasteiger partial charge in [-0.3, -0.25) is 14.5 Å². The molecule has 0 saturated carbocycles. The molecule has 7 heteroatoms. The van der Waals surface area contributed by atoms with Gasteiger partial charge in [0, 0.05) is 18.1 Å². The van der Waals surface area contributed by atoms with Gasteiger partial charge in [-0.1, -0.05) is 25.1 Å². The van der Waals surface area contributed by atoms with Crippen LogP contribution >= 0.6 is 0 Å². The molecule has 3 aromatic rings. The standard InChI is InChI=1S/C24H28N4O3/c1-13-10-11-20-18(12-13)21(17-8-6-7-9-19(17)25-20)24(30)31-16(4)23(29)26-22-14(2)27-28(5)15(22)3/h6-9,13,16H,10-12H2,1-5H3,(H,26,29)/t13-,16-/m0/s1. The summed E-state index contributed by atoms with van der Waals surface area (Å²) in [6.45, 7) is 7.48. The molecule has 0 radical (unpaired) electrons. The monoisotopic (exact) mass is 420 g/mol. The molecule has 0 aliphatic heterocycles. The zero-order valence-electron chi connectivity index (χ0n) is 18.7. The fourth-order valence-electron chi connectivity index (χ4n) is 4.25. The van der Waals surface area contributed by atoms with Crippen molar-refractivity contribution in [2.45, 2.75) is 53.1 Å². The molecule has 2 atom stereocenters. The van der Waals surface area contributed by atoms with Gasteiger partial charge in [0.25, 0.3) is 5.91 Å². The number of carbonyl (C=O) groups is 2. The van der Waals surface area contributed by atoms with E-state index in [2.05, 4.69) is 17.3 Å². The summed E-state index contributed by atoms with van der Waals surface area (Å²) in [5.74, 6) is -0.390. The Morgan fingerprint density at radius 2 is 2.00 bits per heavy atom. The zero-order chi connectivity index (χ0) is 22.3. The lowest BCUT2D eigenvalue weighted by Crippen LogP contribution is -2.31. The van der Waals surface area contributed by atoms with Gasteiger partial charge < -0.3 is 10.1 Å². The lowest BCUT2D eigenvalue weighted by Gasteiger charge is -2.24. The van der Waals surface area contributed by atoms with Gasteiger partial charge in [0.1, 0.15) is 0 Å². The van der Waals surface area contributed by atoms with E-state index in [0.717, 1.165) is 52.8 Å². The number of ether oxygens (including phenoxy) is 1. The summed E-state index contributed by atoms with van der Waals surface area (Å²) in [6.07, 6.45) is 1.73. The van der Waals surface area contributed by atoms with E-state index in [1.165, 1.54) is 0 Å². The molecule has 1 aromatic carbocycles. The number of para-hydroxylation sites is 1. The Morgan fingerprint density at radius 1 is 1.26 bits per heavy atom. The number of aryl methyl sites for hydroxylation is 3. The van der Waals surface area contributed by atoms with E-state index >= 15 is 0 Å². The SMILES string of the molecule is Cc1nn(C)c(C)c1NC(=O)[C@H](C)OC(=O)c1c2c(nc3ccccc13)CC[C@H](C)C2. The summed E-state index contributed by atoms with van der Waals surface area (Å²) >= 11 is 0. The Kier molecular flexibility index (Phi) is 5.52. The smallest absolute Gasteiger partial charge is 0.339 e. The van der Waals surface area contributed by atoms with Crippen LogP contribution in [-0.4, -0.2) is 32.7 Å². The van der Waals surface area contributed by atoms with Crippen LogP contribution in [0.2, 0.25) is 0 Å². The maximum Gasteiger partial charge on any atom is 0.339 e. The third-order valence-electron chi connectivity index (χ3n) is 6.12. The summed E-state index contributed by atoms with van der Waals surface area (Å²) < 4.78 is 7.37. The van der Waals surface area contributed by atoms with Crippen LogP contribution in [0.1, 0.15) is 53.3 Å². The summed E-state index contributed by atoms with van der Waals surface area (Å²) in [4.78, 5) is 30.8. The minimum Gasteiger partial charge on any atom is -0.449 e. The normalized spacial score (nSPS) is 16.6. The lowest BCUT2D eigenvalue weighted by molar-refractivity contribution is -0.123. The minimum absolute atomic E-state index is 0.381. The predicted octanol–water partition coefficient (Wildman–Crippen LogP) is 3.89. The molecule has 0 spiro atoms. The van der Waals surface area contributed by atoms with Crippen LogP contribution in [0.4, 0.5) is 5.69 Å². The van der Waals surface area contributed by atoms with Crippen molar-refractivity contribution >= 4 is 28.5 Å². The maximum absolute atomic E-state index is 13.3. The number of pyridine rings is 1. The maximum atomic E-state index is 13.3. The van der Waals surface area contributed by atoms with E-state index in [4.69, 9.17) is 9.72 Å². The van der Waals surface area contributed by atoms with E-state index in [1.54, 1.807) is 11.6 Å². The van der Waals surface area contributed by atoms with Gasteiger partial charge in [-0.25, -0.2) is 4.79 Å². The van der Waals surface area contributed by atoms with Gasteiger partial charge in [-0.15, -0.1) is 0 Å². The first-order chi connectivity index (χ1) is 14.8. The van der Waals surface area contributed by atoms with E-state index in [9.17, 15) is 9.59 Å². The van der Waals surface area contributed by atoms with Crippen LogP contribution in [0.3, 0.4) is 0 Å². The topological polar surface area (TPSA) is 86.1 Å². The fraction of sp³-hybridized carbons (Fsp3) is 0.417. The molecule has 31 heavy (non-hydrogen) atoms. The number of amides is 1. The molecular weight excluding hydrogens is 392 g/mol. The average Bonchev–Trinajstić information content (AvgIpc) is 2.97. The molecule has 2 heterocycles. The molecule has 0 fully saturated rings. The van der Waals surface area contributed by atoms with E-state index < -0.39 is 12.1 Å². The van der Waals surface area contributed by atoms with Gasteiger partial charge in [-0.05, 0) is 57.6 Å². The molecule has 1 aliphatic rings. The largest absolute Gasteiger partial charge is 0.449 e. The van der Waals surface area contributed by atoms with Crippen LogP contribution in [0.25, 0.3) is 10.9 Å². The van der Waals surface area contributed by atoms with Crippen LogP contribution in [0.15, 0.2) is 24.3 Å². The molecule has 0 unspecified atom stereocenters. The van der Waals surface area contributed by atoms with E-state index in [1.807, 2.05) is 45.2 Å². The number of aromatic nitrogens is 3. The molecule has 7 nitrogen and oxygen atoms in total. The summed E-state index contributed by atoms with van der Waals surface area (Å²) in [7, 11) is 1.82. The predicted molar refractivity (Wildman–Crippen MR) is 119 cm³/mol. The van der Waals surface area contributed by atoms with Crippen LogP contribution < -0.4 is 5.32 Å². The van der Waals surface area contributed by atoms with Crippen molar-refractivity contribution in [3.05, 3.63) is 52.5 Å². The number of hydrogen-bond acceptors (Lipinski definition) is 5. The number of rotatable bonds is 4. The van der Waals surface area contributed by atoms with Gasteiger partial charge in [0.15, 0.2) is 6.10 Å². The van der Waals surface area contributed by atoms with Crippen molar-refractivity contribution in [2.75, 3.05) is 5.32 Å². The molecule has 0 bridgehead atoms. The Balaban J connectivity index is 1.62. The number of anilines is 1. The van der Waals surface area contributed by atoms with Crippen molar-refractivity contribution in [3.63, 3.8) is 0 Å². The molecular formula is C24H28N4O3. The number of hydrogen-bond donors (Lipinski definition) is 1. The Hall–Kier alpha value is -3.22. The highest BCUT2D eigenvalue weighted by Gasteiger charge is 2.28. The first-order valence-electron chi connectivity index (χ1n) is 10.7. The van der Waals surface area contributed by atoms with Gasteiger partial charge in [0.05, 0.1) is 28.2 Å². The van der Waals surface area contributed by atoms with Crippen LogP contribution in [-0.2, 0) is 29.4 Å². The van der Waals surface area contributed by atoms with Crippen molar-refractivity contribution in [1.29, 1.82) is 0 Å². The zero-order valence-corrected chi connectivity index (χ0v) is 18.7. The molecule has 162 valence electrons. The third kappa shape index (κ3) is 3.92. The van der Waals surface area contributed by atoms with Gasteiger partial charge >= 0.3 is 5.97 Å². The van der Waals surface area contributed by atoms with Gasteiger partial charge in [-0.2, -0.15) is 5.10 Å². The fourth-order valence-corrected chi connectivity index (χ4v) is 4.25. The average molecular weight is 421 g/mol. The van der Waals surface area contributed by atoms with Crippen molar-refractivity contribution in [1.82, 2.24) is 14.8 Å². The molecule has 2 aromatic heterocycles. The van der Waals surface area contributed by atoms with Crippen molar-refractivity contribution in [3.8, 4) is 0 Å². The Bertz CT molecular complexity index is 1180. The highest BCUT2D eigenvalue weighted by atomic mass is 16.5. The van der Waals surface area contributed by atoms with E-state index in [0.29, 0.717) is 17.2 Å².